The predicted octanol–water partition coefficient (Wildman–Crippen LogP) is 4.48. The fourth-order valence-corrected chi connectivity index (χ4v) is 3.27. The fourth-order valence-electron chi connectivity index (χ4n) is 3.27. The molecule has 0 aliphatic carbocycles. The molecular formula is C24H30N4O3. The maximum Gasteiger partial charge on any atom is 0.322 e. The number of nitrogens with one attached hydrogen (secondary N) is 1. The van der Waals surface area contributed by atoms with Crippen LogP contribution in [-0.4, -0.2) is 39.4 Å². The highest BCUT2D eigenvalue weighted by Crippen LogP contribution is 2.13. The molecule has 31 heavy (non-hydrogen) atoms. The van der Waals surface area contributed by atoms with Crippen LogP contribution in [0, 0.1) is 0 Å². The number of rotatable bonds is 10. The number of urea groups is 1. The van der Waals surface area contributed by atoms with Crippen LogP contribution in [0.15, 0.2) is 71.5 Å². The number of aryl methyl sites for hydroxylation is 1. The van der Waals surface area contributed by atoms with Gasteiger partial charge in [-0.25, -0.2) is 4.79 Å². The average Bonchev–Trinajstić information content (AvgIpc) is 3.43. The Balaban J connectivity index is 1.73. The lowest BCUT2D eigenvalue weighted by Gasteiger charge is -2.27. The molecule has 2 heterocycles. The summed E-state index contributed by atoms with van der Waals surface area (Å²) in [6, 6.07) is 16.6. The van der Waals surface area contributed by atoms with Crippen molar-refractivity contribution < 1.29 is 14.0 Å². The lowest BCUT2D eigenvalue weighted by molar-refractivity contribution is -0.133. The van der Waals surface area contributed by atoms with Gasteiger partial charge in [-0.05, 0) is 42.8 Å². The summed E-state index contributed by atoms with van der Waals surface area (Å²) in [5.74, 6) is 0.577. The Morgan fingerprint density at radius 2 is 1.81 bits per heavy atom. The highest BCUT2D eigenvalue weighted by molar-refractivity contribution is 5.92. The molecule has 7 heteroatoms. The van der Waals surface area contributed by atoms with Gasteiger partial charge >= 0.3 is 6.03 Å². The summed E-state index contributed by atoms with van der Waals surface area (Å²) in [7, 11) is 1.95. The number of para-hydroxylation sites is 1. The molecule has 0 aliphatic heterocycles. The van der Waals surface area contributed by atoms with E-state index in [1.807, 2.05) is 66.3 Å². The molecule has 0 aliphatic rings. The first-order valence-electron chi connectivity index (χ1n) is 10.6. The summed E-state index contributed by atoms with van der Waals surface area (Å²) >= 11 is 0. The van der Waals surface area contributed by atoms with E-state index in [2.05, 4.69) is 12.2 Å². The molecule has 0 spiro atoms. The Morgan fingerprint density at radius 1 is 1.00 bits per heavy atom. The molecule has 7 nitrogen and oxygen atoms in total. The van der Waals surface area contributed by atoms with Crippen LogP contribution in [-0.2, 0) is 24.9 Å². The zero-order valence-electron chi connectivity index (χ0n) is 18.2. The van der Waals surface area contributed by atoms with Gasteiger partial charge in [-0.3, -0.25) is 4.79 Å². The fraction of sp³-hybridized carbons (Fsp3) is 0.333. The molecule has 0 bridgehead atoms. The lowest BCUT2D eigenvalue weighted by Crippen LogP contribution is -2.44. The minimum Gasteiger partial charge on any atom is -0.467 e. The van der Waals surface area contributed by atoms with E-state index in [-0.39, 0.29) is 18.5 Å². The summed E-state index contributed by atoms with van der Waals surface area (Å²) < 4.78 is 7.45. The van der Waals surface area contributed by atoms with Crippen molar-refractivity contribution in [2.24, 2.45) is 7.05 Å². The van der Waals surface area contributed by atoms with Crippen molar-refractivity contribution in [2.75, 3.05) is 18.4 Å². The molecule has 1 N–H and O–H groups in total. The number of amides is 3. The number of hydrogen-bond acceptors (Lipinski definition) is 3. The Bertz CT molecular complexity index is 950. The van der Waals surface area contributed by atoms with Crippen LogP contribution in [0.1, 0.15) is 31.2 Å². The minimum atomic E-state index is -0.273. The first-order chi connectivity index (χ1) is 15.1. The molecule has 0 atom stereocenters. The van der Waals surface area contributed by atoms with Crippen molar-refractivity contribution in [3.63, 3.8) is 0 Å². The van der Waals surface area contributed by atoms with Gasteiger partial charge in [0, 0.05) is 31.2 Å². The average molecular weight is 423 g/mol. The molecule has 3 amide bonds. The first kappa shape index (κ1) is 22.2. The van der Waals surface area contributed by atoms with E-state index in [4.69, 9.17) is 4.42 Å². The first-order valence-corrected chi connectivity index (χ1v) is 10.6. The molecular weight excluding hydrogens is 392 g/mol. The summed E-state index contributed by atoms with van der Waals surface area (Å²) in [6.07, 6.45) is 5.31. The van der Waals surface area contributed by atoms with Gasteiger partial charge < -0.3 is 24.1 Å². The monoisotopic (exact) mass is 422 g/mol. The Morgan fingerprint density at radius 3 is 2.45 bits per heavy atom. The number of furan rings is 1. The van der Waals surface area contributed by atoms with Gasteiger partial charge in [0.05, 0.1) is 19.4 Å². The quantitative estimate of drug-likeness (QED) is 0.524. The molecule has 3 aromatic rings. The molecule has 0 saturated heterocycles. The van der Waals surface area contributed by atoms with E-state index >= 15 is 0 Å². The number of anilines is 1. The van der Waals surface area contributed by atoms with Gasteiger partial charge in [0.1, 0.15) is 12.3 Å². The van der Waals surface area contributed by atoms with Crippen LogP contribution in [0.5, 0.6) is 0 Å². The third kappa shape index (κ3) is 6.50. The maximum absolute atomic E-state index is 13.3. The largest absolute Gasteiger partial charge is 0.467 e. The normalized spacial score (nSPS) is 10.6. The molecule has 0 saturated carbocycles. The van der Waals surface area contributed by atoms with E-state index in [0.717, 1.165) is 18.5 Å². The van der Waals surface area contributed by atoms with Gasteiger partial charge in [-0.15, -0.1) is 0 Å². The second kappa shape index (κ2) is 11.1. The maximum atomic E-state index is 13.3. The molecule has 2 aromatic heterocycles. The molecule has 0 radical (unpaired) electrons. The third-order valence-corrected chi connectivity index (χ3v) is 5.10. The highest BCUT2D eigenvalue weighted by Gasteiger charge is 2.23. The predicted molar refractivity (Wildman–Crippen MR) is 120 cm³/mol. The van der Waals surface area contributed by atoms with Crippen molar-refractivity contribution in [1.29, 1.82) is 0 Å². The van der Waals surface area contributed by atoms with Gasteiger partial charge in [0.25, 0.3) is 0 Å². The molecule has 1 aromatic carbocycles. The number of benzene rings is 1. The number of carbonyl (C=O) groups excluding carboxylic acids is 2. The standard InChI is InChI=1S/C24H30N4O3/c1-3-4-15-27(24(30)25-20-10-6-5-7-11-20)19-23(29)28(18-22-13-9-16-31-22)17-21-12-8-14-26(21)2/h5-14,16H,3-4,15,17-19H2,1-2H3,(H,25,30). The van der Waals surface area contributed by atoms with Crippen LogP contribution in [0.2, 0.25) is 0 Å². The van der Waals surface area contributed by atoms with E-state index in [1.54, 1.807) is 22.1 Å². The van der Waals surface area contributed by atoms with Crippen molar-refractivity contribution in [3.05, 3.63) is 78.5 Å². The lowest BCUT2D eigenvalue weighted by atomic mass is 10.3. The van der Waals surface area contributed by atoms with Crippen molar-refractivity contribution in [3.8, 4) is 0 Å². The van der Waals surface area contributed by atoms with Crippen LogP contribution in [0.25, 0.3) is 0 Å². The summed E-state index contributed by atoms with van der Waals surface area (Å²) in [5.41, 5.74) is 1.71. The van der Waals surface area contributed by atoms with Crippen molar-refractivity contribution >= 4 is 17.6 Å². The van der Waals surface area contributed by atoms with Crippen LogP contribution >= 0.6 is 0 Å². The van der Waals surface area contributed by atoms with E-state index in [1.165, 1.54) is 0 Å². The van der Waals surface area contributed by atoms with Crippen LogP contribution in [0.4, 0.5) is 10.5 Å². The van der Waals surface area contributed by atoms with E-state index in [9.17, 15) is 9.59 Å². The number of carbonyl (C=O) groups is 2. The molecule has 0 fully saturated rings. The number of unbranched alkanes of at least 4 members (excludes halogenated alkanes) is 1. The van der Waals surface area contributed by atoms with E-state index < -0.39 is 0 Å². The van der Waals surface area contributed by atoms with Crippen molar-refractivity contribution in [2.45, 2.75) is 32.9 Å². The smallest absolute Gasteiger partial charge is 0.322 e. The van der Waals surface area contributed by atoms with Crippen LogP contribution in [0.3, 0.4) is 0 Å². The summed E-state index contributed by atoms with van der Waals surface area (Å²) in [5, 5.41) is 2.89. The summed E-state index contributed by atoms with van der Waals surface area (Å²) in [6.45, 7) is 3.36. The van der Waals surface area contributed by atoms with Gasteiger partial charge in [-0.1, -0.05) is 31.5 Å². The zero-order chi connectivity index (χ0) is 22.1. The Hall–Kier alpha value is -3.48. The van der Waals surface area contributed by atoms with Crippen LogP contribution < -0.4 is 5.32 Å². The minimum absolute atomic E-state index is 0.00377. The second-order valence-electron chi connectivity index (χ2n) is 7.51. The SMILES string of the molecule is CCCCN(CC(=O)N(Cc1ccco1)Cc1cccn1C)C(=O)Nc1ccccc1. The molecule has 3 rings (SSSR count). The molecule has 0 unspecified atom stereocenters. The van der Waals surface area contributed by atoms with Crippen molar-refractivity contribution in [1.82, 2.24) is 14.4 Å². The third-order valence-electron chi connectivity index (χ3n) is 5.10. The number of nitrogens with zero attached hydrogens (tertiary/aromatic N) is 3. The second-order valence-corrected chi connectivity index (χ2v) is 7.51. The number of hydrogen-bond donors (Lipinski definition) is 1. The molecule has 164 valence electrons. The topological polar surface area (TPSA) is 70.7 Å². The number of aromatic nitrogens is 1. The Kier molecular flexibility index (Phi) is 7.92. The van der Waals surface area contributed by atoms with Gasteiger partial charge in [0.15, 0.2) is 0 Å². The summed E-state index contributed by atoms with van der Waals surface area (Å²) in [4.78, 5) is 29.5. The zero-order valence-corrected chi connectivity index (χ0v) is 18.2. The highest BCUT2D eigenvalue weighted by atomic mass is 16.3. The Labute approximate surface area is 183 Å². The van der Waals surface area contributed by atoms with Gasteiger partial charge in [-0.2, -0.15) is 0 Å². The van der Waals surface area contributed by atoms with Gasteiger partial charge in [0.2, 0.25) is 5.91 Å². The van der Waals surface area contributed by atoms with E-state index in [0.29, 0.717) is 31.1 Å².